The van der Waals surface area contributed by atoms with Gasteiger partial charge in [-0.15, -0.1) is 0 Å². The SMILES string of the molecule is NNC(=O)C(c1nccc(CN2CCC(c3ccccc3)CC2)c1Cl)C1CC1. The topological polar surface area (TPSA) is 71.2 Å². The zero-order chi connectivity index (χ0) is 19.5. The Kier molecular flexibility index (Phi) is 5.95. The van der Waals surface area contributed by atoms with Crippen molar-refractivity contribution in [3.05, 3.63) is 64.4 Å². The van der Waals surface area contributed by atoms with Gasteiger partial charge in [0.2, 0.25) is 5.91 Å². The summed E-state index contributed by atoms with van der Waals surface area (Å²) in [5.74, 6) is 5.78. The molecular formula is C22H27ClN4O. The van der Waals surface area contributed by atoms with Gasteiger partial charge >= 0.3 is 0 Å². The Hall–Kier alpha value is -1.95. The van der Waals surface area contributed by atoms with Crippen molar-refractivity contribution in [1.82, 2.24) is 15.3 Å². The van der Waals surface area contributed by atoms with E-state index in [0.717, 1.165) is 50.9 Å². The Balaban J connectivity index is 1.44. The molecule has 1 aromatic carbocycles. The average Bonchev–Trinajstić information content (AvgIpc) is 3.57. The number of nitrogens with two attached hydrogens (primary N) is 1. The number of amides is 1. The van der Waals surface area contributed by atoms with Gasteiger partial charge in [0.05, 0.1) is 16.6 Å². The molecule has 1 aliphatic heterocycles. The largest absolute Gasteiger partial charge is 0.299 e. The monoisotopic (exact) mass is 398 g/mol. The van der Waals surface area contributed by atoms with Crippen LogP contribution in [-0.2, 0) is 11.3 Å². The predicted octanol–water partition coefficient (Wildman–Crippen LogP) is 3.60. The highest BCUT2D eigenvalue weighted by Crippen LogP contribution is 2.44. The first-order valence-electron chi connectivity index (χ1n) is 10.1. The third kappa shape index (κ3) is 4.22. The summed E-state index contributed by atoms with van der Waals surface area (Å²) in [7, 11) is 0. The highest BCUT2D eigenvalue weighted by molar-refractivity contribution is 6.32. The number of hydrogen-bond donors (Lipinski definition) is 2. The zero-order valence-corrected chi connectivity index (χ0v) is 16.7. The Labute approximate surface area is 171 Å². The molecule has 1 aliphatic carbocycles. The number of benzene rings is 1. The van der Waals surface area contributed by atoms with Crippen LogP contribution in [0.5, 0.6) is 0 Å². The Morgan fingerprint density at radius 3 is 2.54 bits per heavy atom. The van der Waals surface area contributed by atoms with E-state index >= 15 is 0 Å². The van der Waals surface area contributed by atoms with Gasteiger partial charge in [0.1, 0.15) is 0 Å². The minimum absolute atomic E-state index is 0.197. The molecule has 4 rings (SSSR count). The van der Waals surface area contributed by atoms with Gasteiger partial charge in [-0.05, 0) is 67.8 Å². The van der Waals surface area contributed by atoms with Gasteiger partial charge in [-0.25, -0.2) is 5.84 Å². The second-order valence-electron chi connectivity index (χ2n) is 7.95. The molecule has 2 fully saturated rings. The van der Waals surface area contributed by atoms with E-state index in [1.165, 1.54) is 5.56 Å². The van der Waals surface area contributed by atoms with Gasteiger partial charge in [-0.1, -0.05) is 41.9 Å². The summed E-state index contributed by atoms with van der Waals surface area (Å²) >= 11 is 6.71. The summed E-state index contributed by atoms with van der Waals surface area (Å²) in [5.41, 5.74) is 5.43. The molecule has 1 saturated heterocycles. The highest BCUT2D eigenvalue weighted by atomic mass is 35.5. The van der Waals surface area contributed by atoms with Crippen LogP contribution in [0.15, 0.2) is 42.6 Å². The van der Waals surface area contributed by atoms with Crippen LogP contribution in [0.25, 0.3) is 0 Å². The summed E-state index contributed by atoms with van der Waals surface area (Å²) in [6.45, 7) is 2.88. The minimum Gasteiger partial charge on any atom is -0.299 e. The molecule has 5 nitrogen and oxygen atoms in total. The Morgan fingerprint density at radius 2 is 1.89 bits per heavy atom. The van der Waals surface area contributed by atoms with Crippen molar-refractivity contribution in [1.29, 1.82) is 0 Å². The van der Waals surface area contributed by atoms with E-state index in [0.29, 0.717) is 22.6 Å². The number of pyridine rings is 1. The summed E-state index contributed by atoms with van der Waals surface area (Å²) in [6.07, 6.45) is 6.12. The molecule has 2 aliphatic rings. The summed E-state index contributed by atoms with van der Waals surface area (Å²) < 4.78 is 0. The van der Waals surface area contributed by atoms with Crippen LogP contribution >= 0.6 is 11.6 Å². The molecule has 148 valence electrons. The van der Waals surface area contributed by atoms with Crippen molar-refractivity contribution in [2.45, 2.75) is 44.1 Å². The Morgan fingerprint density at radius 1 is 1.18 bits per heavy atom. The molecule has 2 heterocycles. The number of likely N-dealkylation sites (tertiary alicyclic amines) is 1. The van der Waals surface area contributed by atoms with Crippen LogP contribution in [0.2, 0.25) is 5.02 Å². The summed E-state index contributed by atoms with van der Waals surface area (Å²) in [6, 6.07) is 12.7. The zero-order valence-electron chi connectivity index (χ0n) is 16.0. The number of rotatable bonds is 6. The lowest BCUT2D eigenvalue weighted by molar-refractivity contribution is -0.123. The maximum absolute atomic E-state index is 12.3. The molecule has 3 N–H and O–H groups in total. The second-order valence-corrected chi connectivity index (χ2v) is 8.33. The van der Waals surface area contributed by atoms with Crippen molar-refractivity contribution in [2.24, 2.45) is 11.8 Å². The summed E-state index contributed by atoms with van der Waals surface area (Å²) in [5, 5.41) is 0.619. The molecule has 0 radical (unpaired) electrons. The van der Waals surface area contributed by atoms with E-state index in [1.807, 2.05) is 6.07 Å². The molecule has 2 aromatic rings. The number of carbonyl (C=O) groups is 1. The third-order valence-corrected chi connectivity index (χ3v) is 6.50. The van der Waals surface area contributed by atoms with Gasteiger partial charge in [0, 0.05) is 12.7 Å². The lowest BCUT2D eigenvalue weighted by Gasteiger charge is -2.32. The first-order valence-corrected chi connectivity index (χ1v) is 10.5. The fourth-order valence-electron chi connectivity index (χ4n) is 4.31. The smallest absolute Gasteiger partial charge is 0.243 e. The molecule has 0 bridgehead atoms. The quantitative estimate of drug-likeness (QED) is 0.443. The van der Waals surface area contributed by atoms with Gasteiger partial charge in [-0.2, -0.15) is 0 Å². The first kappa shape index (κ1) is 19.4. The number of aromatic nitrogens is 1. The second kappa shape index (κ2) is 8.60. The molecule has 1 amide bonds. The van der Waals surface area contributed by atoms with Crippen molar-refractivity contribution < 1.29 is 4.79 Å². The van der Waals surface area contributed by atoms with Crippen molar-refractivity contribution in [2.75, 3.05) is 13.1 Å². The van der Waals surface area contributed by atoms with E-state index < -0.39 is 0 Å². The van der Waals surface area contributed by atoms with Crippen molar-refractivity contribution in [3.8, 4) is 0 Å². The summed E-state index contributed by atoms with van der Waals surface area (Å²) in [4.78, 5) is 19.2. The van der Waals surface area contributed by atoms with Crippen LogP contribution < -0.4 is 11.3 Å². The van der Waals surface area contributed by atoms with E-state index in [-0.39, 0.29) is 11.8 Å². The number of hydrazine groups is 1. The number of nitrogens with zero attached hydrogens (tertiary/aromatic N) is 2. The van der Waals surface area contributed by atoms with Gasteiger partial charge in [0.15, 0.2) is 0 Å². The van der Waals surface area contributed by atoms with Crippen LogP contribution in [0, 0.1) is 5.92 Å². The standard InChI is InChI=1S/C22H27ClN4O/c23-20-18(8-11-25-21(20)19(17-6-7-17)22(28)26-24)14-27-12-9-16(10-13-27)15-4-2-1-3-5-15/h1-5,8,11,16-17,19H,6-7,9-10,12-14,24H2,(H,26,28). The van der Waals surface area contributed by atoms with Crippen LogP contribution in [-0.4, -0.2) is 28.9 Å². The maximum Gasteiger partial charge on any atom is 0.243 e. The molecule has 28 heavy (non-hydrogen) atoms. The van der Waals surface area contributed by atoms with Crippen molar-refractivity contribution in [3.63, 3.8) is 0 Å². The first-order chi connectivity index (χ1) is 13.7. The number of nitrogens with one attached hydrogen (secondary N) is 1. The van der Waals surface area contributed by atoms with Crippen LogP contribution in [0.3, 0.4) is 0 Å². The van der Waals surface area contributed by atoms with E-state index in [9.17, 15) is 4.79 Å². The molecule has 6 heteroatoms. The number of piperidine rings is 1. The fourth-order valence-corrected chi connectivity index (χ4v) is 4.60. The molecule has 1 atom stereocenters. The van der Waals surface area contributed by atoms with Crippen LogP contribution in [0.1, 0.15) is 54.3 Å². The van der Waals surface area contributed by atoms with E-state index in [1.54, 1.807) is 6.20 Å². The normalized spacial score (nSPS) is 19.4. The average molecular weight is 399 g/mol. The number of halogens is 1. The van der Waals surface area contributed by atoms with E-state index in [2.05, 4.69) is 45.6 Å². The molecule has 0 spiro atoms. The number of hydrogen-bond acceptors (Lipinski definition) is 4. The third-order valence-electron chi connectivity index (χ3n) is 6.06. The molecule has 1 aromatic heterocycles. The molecule has 1 unspecified atom stereocenters. The van der Waals surface area contributed by atoms with Gasteiger partial charge < -0.3 is 0 Å². The highest BCUT2D eigenvalue weighted by Gasteiger charge is 2.39. The lowest BCUT2D eigenvalue weighted by Crippen LogP contribution is -2.36. The predicted molar refractivity (Wildman–Crippen MR) is 111 cm³/mol. The fraction of sp³-hybridized carbons (Fsp3) is 0.455. The molecule has 1 saturated carbocycles. The van der Waals surface area contributed by atoms with Gasteiger partial charge in [-0.3, -0.25) is 20.1 Å². The van der Waals surface area contributed by atoms with Crippen molar-refractivity contribution >= 4 is 17.5 Å². The minimum atomic E-state index is -0.346. The van der Waals surface area contributed by atoms with Gasteiger partial charge in [0.25, 0.3) is 0 Å². The molecular weight excluding hydrogens is 372 g/mol. The lowest BCUT2D eigenvalue weighted by atomic mass is 9.89. The maximum atomic E-state index is 12.3. The van der Waals surface area contributed by atoms with Crippen LogP contribution in [0.4, 0.5) is 0 Å². The number of carbonyl (C=O) groups excluding carboxylic acids is 1. The Bertz CT molecular complexity index is 817. The van der Waals surface area contributed by atoms with E-state index in [4.69, 9.17) is 17.4 Å².